The molecule has 1 aromatic carbocycles. The SMILES string of the molecule is C=CCCN1C=CN2NC(c3cccc(OC)c3)CC2C1=O. The van der Waals surface area contributed by atoms with E-state index in [1.54, 1.807) is 12.0 Å². The maximum Gasteiger partial charge on any atom is 0.250 e. The molecule has 0 spiro atoms. The van der Waals surface area contributed by atoms with Crippen LogP contribution in [0.15, 0.2) is 49.3 Å². The lowest BCUT2D eigenvalue weighted by Crippen LogP contribution is -2.48. The molecule has 2 aliphatic heterocycles. The third kappa shape index (κ3) is 2.72. The maximum atomic E-state index is 12.5. The highest BCUT2D eigenvalue weighted by atomic mass is 16.5. The number of nitrogens with one attached hydrogen (secondary N) is 1. The Morgan fingerprint density at radius 2 is 2.32 bits per heavy atom. The Morgan fingerprint density at radius 3 is 3.09 bits per heavy atom. The molecule has 0 aromatic heterocycles. The van der Waals surface area contributed by atoms with Crippen molar-refractivity contribution >= 4 is 5.91 Å². The van der Waals surface area contributed by atoms with E-state index in [1.165, 1.54) is 0 Å². The van der Waals surface area contributed by atoms with Gasteiger partial charge in [0.2, 0.25) is 0 Å². The average Bonchev–Trinajstić information content (AvgIpc) is 2.99. The van der Waals surface area contributed by atoms with Crippen LogP contribution in [0.4, 0.5) is 0 Å². The molecule has 2 unspecified atom stereocenters. The number of hydrazine groups is 1. The Kier molecular flexibility index (Phi) is 4.15. The molecule has 22 heavy (non-hydrogen) atoms. The number of carbonyl (C=O) groups excluding carboxylic acids is 1. The van der Waals surface area contributed by atoms with E-state index < -0.39 is 0 Å². The molecule has 0 bridgehead atoms. The second kappa shape index (κ2) is 6.23. The Labute approximate surface area is 130 Å². The van der Waals surface area contributed by atoms with E-state index in [-0.39, 0.29) is 18.0 Å². The summed E-state index contributed by atoms with van der Waals surface area (Å²) in [6.07, 6.45) is 7.16. The third-order valence-electron chi connectivity index (χ3n) is 4.15. The summed E-state index contributed by atoms with van der Waals surface area (Å²) in [6.45, 7) is 4.40. The van der Waals surface area contributed by atoms with Crippen molar-refractivity contribution in [2.75, 3.05) is 13.7 Å². The molecule has 0 radical (unpaired) electrons. The molecule has 2 aliphatic rings. The highest BCUT2D eigenvalue weighted by Crippen LogP contribution is 2.32. The van der Waals surface area contributed by atoms with Crippen molar-refractivity contribution in [3.8, 4) is 5.75 Å². The quantitative estimate of drug-likeness (QED) is 0.847. The molecular weight excluding hydrogens is 278 g/mol. The summed E-state index contributed by atoms with van der Waals surface area (Å²) in [4.78, 5) is 14.3. The van der Waals surface area contributed by atoms with Crippen LogP contribution in [0.25, 0.3) is 0 Å². The van der Waals surface area contributed by atoms with Crippen LogP contribution in [-0.4, -0.2) is 35.5 Å². The van der Waals surface area contributed by atoms with E-state index in [2.05, 4.69) is 18.1 Å². The normalized spacial score (nSPS) is 23.6. The van der Waals surface area contributed by atoms with Gasteiger partial charge in [-0.25, -0.2) is 5.43 Å². The van der Waals surface area contributed by atoms with Crippen molar-refractivity contribution in [1.29, 1.82) is 0 Å². The number of hydrogen-bond acceptors (Lipinski definition) is 4. The van der Waals surface area contributed by atoms with Crippen LogP contribution >= 0.6 is 0 Å². The predicted octanol–water partition coefficient (Wildman–Crippen LogP) is 2.20. The average molecular weight is 299 g/mol. The number of benzene rings is 1. The Bertz CT molecular complexity index is 599. The van der Waals surface area contributed by atoms with E-state index in [0.29, 0.717) is 6.54 Å². The minimum atomic E-state index is -0.147. The Morgan fingerprint density at radius 1 is 1.45 bits per heavy atom. The summed E-state index contributed by atoms with van der Waals surface area (Å²) < 4.78 is 5.28. The fourth-order valence-electron chi connectivity index (χ4n) is 2.93. The van der Waals surface area contributed by atoms with Crippen LogP contribution in [0.3, 0.4) is 0 Å². The van der Waals surface area contributed by atoms with Crippen LogP contribution in [0.2, 0.25) is 0 Å². The molecule has 1 amide bonds. The molecule has 5 heteroatoms. The van der Waals surface area contributed by atoms with E-state index in [4.69, 9.17) is 4.74 Å². The molecule has 1 fully saturated rings. The summed E-state index contributed by atoms with van der Waals surface area (Å²) in [5.41, 5.74) is 4.52. The summed E-state index contributed by atoms with van der Waals surface area (Å²) >= 11 is 0. The summed E-state index contributed by atoms with van der Waals surface area (Å²) in [5.74, 6) is 0.973. The summed E-state index contributed by atoms with van der Waals surface area (Å²) in [6, 6.07) is 7.94. The van der Waals surface area contributed by atoms with E-state index in [0.717, 1.165) is 24.2 Å². The number of fused-ring (bicyclic) bond motifs is 1. The van der Waals surface area contributed by atoms with Crippen molar-refractivity contribution in [3.63, 3.8) is 0 Å². The molecule has 5 nitrogen and oxygen atoms in total. The van der Waals surface area contributed by atoms with Gasteiger partial charge in [0.25, 0.3) is 5.91 Å². The van der Waals surface area contributed by atoms with E-state index in [9.17, 15) is 4.79 Å². The first-order chi connectivity index (χ1) is 10.7. The van der Waals surface area contributed by atoms with Crippen LogP contribution in [0.5, 0.6) is 5.75 Å². The minimum absolute atomic E-state index is 0.119. The molecule has 1 N–H and O–H groups in total. The summed E-state index contributed by atoms with van der Waals surface area (Å²) in [5, 5.41) is 1.91. The molecular formula is C17H21N3O2. The van der Waals surface area contributed by atoms with Gasteiger partial charge in [-0.2, -0.15) is 0 Å². The fourth-order valence-corrected chi connectivity index (χ4v) is 2.93. The predicted molar refractivity (Wildman–Crippen MR) is 84.8 cm³/mol. The lowest BCUT2D eigenvalue weighted by molar-refractivity contribution is -0.134. The first-order valence-electron chi connectivity index (χ1n) is 7.51. The van der Waals surface area contributed by atoms with Crippen LogP contribution in [-0.2, 0) is 4.79 Å². The second-order valence-electron chi connectivity index (χ2n) is 5.52. The van der Waals surface area contributed by atoms with Crippen molar-refractivity contribution in [3.05, 3.63) is 54.9 Å². The fraction of sp³-hybridized carbons (Fsp3) is 0.353. The zero-order chi connectivity index (χ0) is 15.5. The van der Waals surface area contributed by atoms with Gasteiger partial charge >= 0.3 is 0 Å². The number of ether oxygens (including phenoxy) is 1. The van der Waals surface area contributed by atoms with Gasteiger partial charge in [0, 0.05) is 18.9 Å². The van der Waals surface area contributed by atoms with Crippen molar-refractivity contribution in [2.45, 2.75) is 24.9 Å². The number of amides is 1. The molecule has 0 aliphatic carbocycles. The second-order valence-corrected chi connectivity index (χ2v) is 5.52. The molecule has 2 atom stereocenters. The zero-order valence-corrected chi connectivity index (χ0v) is 12.7. The number of hydrogen-bond donors (Lipinski definition) is 1. The van der Waals surface area contributed by atoms with Crippen LogP contribution in [0.1, 0.15) is 24.4 Å². The number of methoxy groups -OCH3 is 1. The highest BCUT2D eigenvalue weighted by Gasteiger charge is 2.39. The zero-order valence-electron chi connectivity index (χ0n) is 12.7. The van der Waals surface area contributed by atoms with E-state index in [1.807, 2.05) is 41.7 Å². The lowest BCUT2D eigenvalue weighted by Gasteiger charge is -2.31. The lowest BCUT2D eigenvalue weighted by atomic mass is 10.0. The Balaban J connectivity index is 1.73. The number of rotatable bonds is 5. The van der Waals surface area contributed by atoms with Gasteiger partial charge in [-0.05, 0) is 30.5 Å². The van der Waals surface area contributed by atoms with Gasteiger partial charge in [0.15, 0.2) is 0 Å². The Hall–Kier alpha value is -2.27. The van der Waals surface area contributed by atoms with Gasteiger partial charge in [-0.15, -0.1) is 6.58 Å². The van der Waals surface area contributed by atoms with Crippen LogP contribution in [0, 0.1) is 0 Å². The topological polar surface area (TPSA) is 44.8 Å². The first kappa shape index (κ1) is 14.7. The highest BCUT2D eigenvalue weighted by molar-refractivity contribution is 5.84. The van der Waals surface area contributed by atoms with Crippen molar-refractivity contribution in [2.24, 2.45) is 0 Å². The standard InChI is InChI=1S/C17H21N3O2/c1-3-4-8-19-9-10-20-16(17(19)21)12-15(18-20)13-6-5-7-14(11-13)22-2/h3,5-7,9-11,15-16,18H,1,4,8,12H2,2H3. The van der Waals surface area contributed by atoms with Crippen LogP contribution < -0.4 is 10.2 Å². The van der Waals surface area contributed by atoms with Gasteiger partial charge < -0.3 is 14.6 Å². The monoisotopic (exact) mass is 299 g/mol. The molecule has 1 saturated heterocycles. The maximum absolute atomic E-state index is 12.5. The van der Waals surface area contributed by atoms with Gasteiger partial charge in [0.1, 0.15) is 11.8 Å². The smallest absolute Gasteiger partial charge is 0.250 e. The first-order valence-corrected chi connectivity index (χ1v) is 7.51. The third-order valence-corrected chi connectivity index (χ3v) is 4.15. The summed E-state index contributed by atoms with van der Waals surface area (Å²) in [7, 11) is 1.66. The number of nitrogens with zero attached hydrogens (tertiary/aromatic N) is 2. The van der Waals surface area contributed by atoms with Gasteiger partial charge in [-0.3, -0.25) is 4.79 Å². The largest absolute Gasteiger partial charge is 0.497 e. The minimum Gasteiger partial charge on any atom is -0.497 e. The molecule has 1 aromatic rings. The van der Waals surface area contributed by atoms with E-state index >= 15 is 0 Å². The van der Waals surface area contributed by atoms with Gasteiger partial charge in [-0.1, -0.05) is 18.2 Å². The molecule has 2 heterocycles. The van der Waals surface area contributed by atoms with Crippen molar-refractivity contribution < 1.29 is 9.53 Å². The van der Waals surface area contributed by atoms with Crippen molar-refractivity contribution in [1.82, 2.24) is 15.3 Å². The van der Waals surface area contributed by atoms with Gasteiger partial charge in [0.05, 0.1) is 13.2 Å². The molecule has 116 valence electrons. The molecule has 0 saturated carbocycles. The molecule has 3 rings (SSSR count). The number of carbonyl (C=O) groups is 1.